The Kier molecular flexibility index (Phi) is 9.09. The van der Waals surface area contributed by atoms with Crippen molar-refractivity contribution in [2.24, 2.45) is 4.99 Å². The van der Waals surface area contributed by atoms with E-state index in [9.17, 15) is 9.18 Å². The molecule has 1 amide bonds. The SMILES string of the molecule is CCCNC(=NCC(=O)N(C)C)NCCCF. The molecule has 0 radical (unpaired) electrons. The van der Waals surface area contributed by atoms with Crippen molar-refractivity contribution in [2.45, 2.75) is 19.8 Å². The fourth-order valence-corrected chi connectivity index (χ4v) is 0.979. The zero-order chi connectivity index (χ0) is 13.1. The molecule has 0 saturated carbocycles. The van der Waals surface area contributed by atoms with E-state index in [2.05, 4.69) is 15.6 Å². The van der Waals surface area contributed by atoms with Crippen LogP contribution in [-0.4, -0.2) is 57.2 Å². The molecule has 100 valence electrons. The van der Waals surface area contributed by atoms with Crippen LogP contribution in [0.15, 0.2) is 4.99 Å². The van der Waals surface area contributed by atoms with Gasteiger partial charge >= 0.3 is 0 Å². The van der Waals surface area contributed by atoms with Crippen LogP contribution >= 0.6 is 0 Å². The number of aliphatic imine (C=N–C) groups is 1. The zero-order valence-corrected chi connectivity index (χ0v) is 10.9. The van der Waals surface area contributed by atoms with Gasteiger partial charge < -0.3 is 15.5 Å². The van der Waals surface area contributed by atoms with Crippen LogP contribution in [0.3, 0.4) is 0 Å². The molecule has 0 atom stereocenters. The van der Waals surface area contributed by atoms with Crippen LogP contribution in [0.25, 0.3) is 0 Å². The molecule has 2 N–H and O–H groups in total. The number of nitrogens with one attached hydrogen (secondary N) is 2. The van der Waals surface area contributed by atoms with E-state index < -0.39 is 0 Å². The quantitative estimate of drug-likeness (QED) is 0.388. The summed E-state index contributed by atoms with van der Waals surface area (Å²) in [4.78, 5) is 17.0. The molecule has 6 heteroatoms. The number of carbonyl (C=O) groups is 1. The van der Waals surface area contributed by atoms with Crippen LogP contribution in [0.2, 0.25) is 0 Å². The first-order valence-corrected chi connectivity index (χ1v) is 5.90. The fourth-order valence-electron chi connectivity index (χ4n) is 0.979. The number of alkyl halides is 1. The van der Waals surface area contributed by atoms with Crippen LogP contribution < -0.4 is 10.6 Å². The third kappa shape index (κ3) is 8.47. The highest BCUT2D eigenvalue weighted by Gasteiger charge is 2.03. The van der Waals surface area contributed by atoms with Gasteiger partial charge in [0.15, 0.2) is 5.96 Å². The van der Waals surface area contributed by atoms with Crippen molar-refractivity contribution in [2.75, 3.05) is 40.4 Å². The summed E-state index contributed by atoms with van der Waals surface area (Å²) in [6.07, 6.45) is 1.40. The molecule has 0 aromatic rings. The molecular weight excluding hydrogens is 223 g/mol. The minimum absolute atomic E-state index is 0.0620. The van der Waals surface area contributed by atoms with Gasteiger partial charge in [-0.05, 0) is 12.8 Å². The lowest BCUT2D eigenvalue weighted by Gasteiger charge is -2.12. The lowest BCUT2D eigenvalue weighted by molar-refractivity contribution is -0.127. The molecule has 0 rings (SSSR count). The topological polar surface area (TPSA) is 56.7 Å². The van der Waals surface area contributed by atoms with Gasteiger partial charge in [0.1, 0.15) is 6.54 Å². The van der Waals surface area contributed by atoms with Gasteiger partial charge in [0, 0.05) is 27.2 Å². The maximum atomic E-state index is 12.0. The molecule has 0 aliphatic carbocycles. The Balaban J connectivity index is 4.14. The number of halogens is 1. The Morgan fingerprint density at radius 2 is 1.94 bits per heavy atom. The predicted octanol–water partition coefficient (Wildman–Crippen LogP) is 0.379. The standard InChI is InChI=1S/C11H23FN4O/c1-4-7-13-11(14-8-5-6-12)15-9-10(17)16(2)3/h4-9H2,1-3H3,(H2,13,14,15). The third-order valence-corrected chi connectivity index (χ3v) is 2.02. The molecule has 0 fully saturated rings. The summed E-state index contributed by atoms with van der Waals surface area (Å²) in [6, 6.07) is 0. The summed E-state index contributed by atoms with van der Waals surface area (Å²) in [6.45, 7) is 3.07. The maximum Gasteiger partial charge on any atom is 0.243 e. The van der Waals surface area contributed by atoms with E-state index in [1.807, 2.05) is 6.92 Å². The Hall–Kier alpha value is -1.33. The number of likely N-dealkylation sites (N-methyl/N-ethyl adjacent to an activating group) is 1. The van der Waals surface area contributed by atoms with Gasteiger partial charge in [-0.2, -0.15) is 0 Å². The number of guanidine groups is 1. The zero-order valence-electron chi connectivity index (χ0n) is 10.9. The second-order valence-corrected chi connectivity index (χ2v) is 3.85. The van der Waals surface area contributed by atoms with Crippen molar-refractivity contribution in [3.05, 3.63) is 0 Å². The van der Waals surface area contributed by atoms with Crippen molar-refractivity contribution in [1.82, 2.24) is 15.5 Å². The first-order valence-electron chi connectivity index (χ1n) is 5.90. The second-order valence-electron chi connectivity index (χ2n) is 3.85. The molecule has 5 nitrogen and oxygen atoms in total. The number of carbonyl (C=O) groups excluding carboxylic acids is 1. The van der Waals surface area contributed by atoms with Crippen molar-refractivity contribution in [3.63, 3.8) is 0 Å². The molecule has 0 aromatic carbocycles. The summed E-state index contributed by atoms with van der Waals surface area (Å²) in [5, 5.41) is 6.05. The van der Waals surface area contributed by atoms with Crippen LogP contribution in [0.5, 0.6) is 0 Å². The molecule has 0 aliphatic heterocycles. The van der Waals surface area contributed by atoms with Crippen LogP contribution in [0.4, 0.5) is 4.39 Å². The number of hydrogen-bond acceptors (Lipinski definition) is 2. The van der Waals surface area contributed by atoms with Crippen LogP contribution in [-0.2, 0) is 4.79 Å². The molecule has 17 heavy (non-hydrogen) atoms. The van der Waals surface area contributed by atoms with Crippen molar-refractivity contribution in [3.8, 4) is 0 Å². The lowest BCUT2D eigenvalue weighted by Crippen LogP contribution is -2.39. The average molecular weight is 246 g/mol. The van der Waals surface area contributed by atoms with Crippen molar-refractivity contribution < 1.29 is 9.18 Å². The molecule has 0 heterocycles. The predicted molar refractivity (Wildman–Crippen MR) is 67.9 cm³/mol. The number of nitrogens with zero attached hydrogens (tertiary/aromatic N) is 2. The van der Waals surface area contributed by atoms with E-state index in [1.165, 1.54) is 4.90 Å². The molecule has 0 bridgehead atoms. The summed E-state index contributed by atoms with van der Waals surface area (Å²) >= 11 is 0. The molecule has 0 unspecified atom stereocenters. The Bertz CT molecular complexity index is 244. The van der Waals surface area contributed by atoms with Gasteiger partial charge in [-0.25, -0.2) is 4.99 Å². The van der Waals surface area contributed by atoms with E-state index >= 15 is 0 Å². The van der Waals surface area contributed by atoms with Crippen LogP contribution in [0, 0.1) is 0 Å². The lowest BCUT2D eigenvalue weighted by atomic mass is 10.4. The molecule has 0 aliphatic rings. The fraction of sp³-hybridized carbons (Fsp3) is 0.818. The average Bonchev–Trinajstić information content (AvgIpc) is 2.31. The van der Waals surface area contributed by atoms with Gasteiger partial charge in [0.2, 0.25) is 5.91 Å². The summed E-state index contributed by atoms with van der Waals surface area (Å²) in [5.74, 6) is 0.503. The monoisotopic (exact) mass is 246 g/mol. The van der Waals surface area contributed by atoms with Gasteiger partial charge in [-0.15, -0.1) is 0 Å². The maximum absolute atomic E-state index is 12.0. The van der Waals surface area contributed by atoms with Crippen molar-refractivity contribution >= 4 is 11.9 Å². The van der Waals surface area contributed by atoms with Gasteiger partial charge in [-0.1, -0.05) is 6.92 Å². The Morgan fingerprint density at radius 1 is 1.29 bits per heavy atom. The largest absolute Gasteiger partial charge is 0.356 e. The number of hydrogen-bond donors (Lipinski definition) is 2. The van der Waals surface area contributed by atoms with E-state index in [1.54, 1.807) is 14.1 Å². The Morgan fingerprint density at radius 3 is 2.47 bits per heavy atom. The van der Waals surface area contributed by atoms with E-state index in [-0.39, 0.29) is 19.1 Å². The first kappa shape index (κ1) is 15.7. The van der Waals surface area contributed by atoms with E-state index in [0.717, 1.165) is 13.0 Å². The van der Waals surface area contributed by atoms with Gasteiger partial charge in [0.05, 0.1) is 6.67 Å². The van der Waals surface area contributed by atoms with Gasteiger partial charge in [0.25, 0.3) is 0 Å². The molecular formula is C11H23FN4O. The summed E-state index contributed by atoms with van der Waals surface area (Å²) < 4.78 is 12.0. The van der Waals surface area contributed by atoms with E-state index in [4.69, 9.17) is 0 Å². The van der Waals surface area contributed by atoms with Crippen molar-refractivity contribution in [1.29, 1.82) is 0 Å². The number of rotatable bonds is 7. The van der Waals surface area contributed by atoms with Gasteiger partial charge in [-0.3, -0.25) is 9.18 Å². The van der Waals surface area contributed by atoms with E-state index in [0.29, 0.717) is 18.9 Å². The summed E-state index contributed by atoms with van der Waals surface area (Å²) in [7, 11) is 3.38. The first-order chi connectivity index (χ1) is 8.11. The minimum Gasteiger partial charge on any atom is -0.356 e. The second kappa shape index (κ2) is 9.86. The highest BCUT2D eigenvalue weighted by atomic mass is 19.1. The highest BCUT2D eigenvalue weighted by molar-refractivity contribution is 5.84. The molecule has 0 saturated heterocycles. The molecule has 0 aromatic heterocycles. The normalized spacial score (nSPS) is 11.2. The smallest absolute Gasteiger partial charge is 0.243 e. The minimum atomic E-state index is -0.356. The number of amides is 1. The van der Waals surface area contributed by atoms with Crippen LogP contribution in [0.1, 0.15) is 19.8 Å². The summed E-state index contributed by atoms with van der Waals surface area (Å²) in [5.41, 5.74) is 0. The molecule has 0 spiro atoms. The third-order valence-electron chi connectivity index (χ3n) is 2.02. The Labute approximate surface area is 102 Å². The highest BCUT2D eigenvalue weighted by Crippen LogP contribution is 1.83.